The molecule has 0 saturated carbocycles. The normalized spacial score (nSPS) is 15.2. The smallest absolute Gasteiger partial charge is 0.790 e. The molecule has 0 N–H and O–H groups in total. The summed E-state index contributed by atoms with van der Waals surface area (Å²) in [5.41, 5.74) is 0. The van der Waals surface area contributed by atoms with Gasteiger partial charge in [0.15, 0.2) is 0 Å². The second-order valence-electron chi connectivity index (χ2n) is 2.03. The maximum absolute atomic E-state index is 10.4. The van der Waals surface area contributed by atoms with Gasteiger partial charge in [0, 0.05) is 0 Å². The molecule has 0 fully saturated rings. The summed E-state index contributed by atoms with van der Waals surface area (Å²) in [4.78, 5) is 60.0. The Kier molecular flexibility index (Phi) is 39.7. The molecule has 0 bridgehead atoms. The average molecular weight is 470 g/mol. The van der Waals surface area contributed by atoms with Crippen molar-refractivity contribution in [1.82, 2.24) is 0 Å². The largest absolute Gasteiger partial charge is 1.00 e. The number of hydrogen-bond donors (Lipinski definition) is 0. The van der Waals surface area contributed by atoms with Crippen molar-refractivity contribution in [3.05, 3.63) is 0 Å². The number of rotatable bonds is 6. The molecule has 2 atom stereocenters. The summed E-state index contributed by atoms with van der Waals surface area (Å²) in [6.45, 7) is 0. The molecule has 23 heteroatoms. The van der Waals surface area contributed by atoms with E-state index in [4.69, 9.17) is 0 Å². The van der Waals surface area contributed by atoms with Crippen LogP contribution in [0.4, 0.5) is 0 Å². The van der Waals surface area contributed by atoms with Crippen LogP contribution in [0.3, 0.4) is 0 Å². The zero-order chi connectivity index (χ0) is 14.1. The molecule has 0 aliphatic rings. The Morgan fingerprint density at radius 3 is 0.739 bits per heavy atom. The Labute approximate surface area is 263 Å². The van der Waals surface area contributed by atoms with Gasteiger partial charge in [-0.3, -0.25) is 17.8 Å². The van der Waals surface area contributed by atoms with E-state index in [2.05, 4.69) is 12.9 Å². The topological polar surface area (TPSA) is 234 Å². The summed E-state index contributed by atoms with van der Waals surface area (Å²) < 4.78 is 48.5. The van der Waals surface area contributed by atoms with E-state index in [1.807, 2.05) is 0 Å². The van der Waals surface area contributed by atoms with E-state index in [1.165, 1.54) is 0 Å². The maximum atomic E-state index is 10.4. The molecule has 0 saturated heterocycles. The van der Waals surface area contributed by atoms with Gasteiger partial charge in [-0.25, -0.2) is 4.31 Å². The van der Waals surface area contributed by atoms with Crippen LogP contribution in [0.25, 0.3) is 0 Å². The van der Waals surface area contributed by atoms with Crippen LogP contribution in [0.5, 0.6) is 0 Å². The minimum Gasteiger partial charge on any atom is -0.790 e. The molecule has 0 radical (unpaired) electrons. The van der Waals surface area contributed by atoms with Gasteiger partial charge in [-0.2, -0.15) is 0 Å². The summed E-state index contributed by atoms with van der Waals surface area (Å²) in [5.74, 6) is 0. The molecule has 0 aliphatic carbocycles. The van der Waals surface area contributed by atoms with Gasteiger partial charge in [-0.15, -0.1) is 0 Å². The summed E-state index contributed by atoms with van der Waals surface area (Å²) >= 11 is 0. The fraction of sp³-hybridized carbons (Fsp3) is 0. The summed E-state index contributed by atoms with van der Waals surface area (Å²) in [6, 6.07) is 0. The van der Waals surface area contributed by atoms with Crippen LogP contribution in [0.2, 0.25) is 0 Å². The van der Waals surface area contributed by atoms with Gasteiger partial charge < -0.3 is 38.5 Å². The minimum absolute atomic E-state index is 0. The van der Waals surface area contributed by atoms with E-state index in [0.29, 0.717) is 0 Å². The van der Waals surface area contributed by atoms with E-state index in [9.17, 15) is 47.6 Å². The minimum atomic E-state index is -6.26. The van der Waals surface area contributed by atoms with Crippen LogP contribution < -0.4 is 207 Å². The van der Waals surface area contributed by atoms with Crippen molar-refractivity contribution >= 4 is 31.3 Å². The van der Waals surface area contributed by atoms with Crippen LogP contribution in [0.1, 0.15) is 0 Å². The quantitative estimate of drug-likeness (QED) is 0.259. The van der Waals surface area contributed by atoms with Crippen LogP contribution in [0, 0.1) is 0 Å². The van der Waals surface area contributed by atoms with E-state index in [0.717, 1.165) is 0 Å². The molecule has 0 rings (SSSR count). The molecular formula is Na6O13P4. The zero-order valence-electron chi connectivity index (χ0n) is 13.1. The SMILES string of the molecule is O=P([O-])([O-])OP(=O)([O-])OP(=O)([O-])OP(=O)([O-])[O-].[Na+].[Na+].[Na+].[Na+].[Na+].[Na+]. The number of phosphoric acid groups is 4. The van der Waals surface area contributed by atoms with Crippen LogP contribution in [-0.2, 0) is 31.2 Å². The summed E-state index contributed by atoms with van der Waals surface area (Å²) in [5, 5.41) is 0. The Morgan fingerprint density at radius 2 is 0.609 bits per heavy atom. The average Bonchev–Trinajstić information content (AvgIpc) is 1.65. The first kappa shape index (κ1) is 47.4. The fourth-order valence-corrected chi connectivity index (χ4v) is 4.11. The molecule has 23 heavy (non-hydrogen) atoms. The van der Waals surface area contributed by atoms with Gasteiger partial charge in [-0.05, 0) is 0 Å². The van der Waals surface area contributed by atoms with Crippen molar-refractivity contribution in [3.8, 4) is 0 Å². The third-order valence-corrected chi connectivity index (χ3v) is 5.40. The van der Waals surface area contributed by atoms with Crippen LogP contribution in [-0.4, -0.2) is 0 Å². The second-order valence-corrected chi connectivity index (χ2v) is 7.57. The first-order valence-electron chi connectivity index (χ1n) is 2.92. The standard InChI is InChI=1S/6Na.H6O13P4/c;;;;;;1-14(2,3)11-16(7,8)13-17(9,10)12-15(4,5)6/h;;;;;;(H,7,8)(H,9,10)(H2,1,2,3)(H2,4,5,6)/q6*+1;/p-6. The maximum Gasteiger partial charge on any atom is 1.00 e. The van der Waals surface area contributed by atoms with Crippen molar-refractivity contribution in [1.29, 1.82) is 0 Å². The van der Waals surface area contributed by atoms with Gasteiger partial charge in [0.05, 0.1) is 15.6 Å². The van der Waals surface area contributed by atoms with E-state index in [1.54, 1.807) is 0 Å². The predicted octanol–water partition coefficient (Wildman–Crippen LogP) is -22.3. The third-order valence-electron chi connectivity index (χ3n) is 0.600. The van der Waals surface area contributed by atoms with Crippen molar-refractivity contribution in [2.45, 2.75) is 0 Å². The van der Waals surface area contributed by atoms with E-state index >= 15 is 0 Å². The van der Waals surface area contributed by atoms with Crippen molar-refractivity contribution in [2.24, 2.45) is 0 Å². The van der Waals surface area contributed by atoms with Crippen molar-refractivity contribution < 1.29 is 238 Å². The monoisotopic (exact) mass is 470 g/mol. The van der Waals surface area contributed by atoms with Crippen LogP contribution >= 0.6 is 31.3 Å². The Bertz CT molecular complexity index is 421. The Balaban J connectivity index is -0.0000000853. The molecule has 0 heterocycles. The van der Waals surface area contributed by atoms with Gasteiger partial charge in [-0.1, -0.05) is 0 Å². The molecule has 0 amide bonds. The van der Waals surface area contributed by atoms with Crippen molar-refractivity contribution in [2.75, 3.05) is 0 Å². The van der Waals surface area contributed by atoms with Gasteiger partial charge in [0.1, 0.15) is 0 Å². The van der Waals surface area contributed by atoms with Crippen LogP contribution in [0.15, 0.2) is 0 Å². The Morgan fingerprint density at radius 1 is 0.435 bits per heavy atom. The molecule has 0 aromatic rings. The molecule has 104 valence electrons. The fourth-order valence-electron chi connectivity index (χ4n) is 0.397. The Hall–Kier alpha value is 6.56. The van der Waals surface area contributed by atoms with E-state index < -0.39 is 31.3 Å². The molecule has 13 nitrogen and oxygen atoms in total. The first-order chi connectivity index (χ1) is 7.12. The third kappa shape index (κ3) is 33.4. The molecular weight excluding hydrogens is 470 g/mol. The van der Waals surface area contributed by atoms with Gasteiger partial charge in [0.2, 0.25) is 0 Å². The second kappa shape index (κ2) is 19.3. The van der Waals surface area contributed by atoms with Gasteiger partial charge >= 0.3 is 177 Å². The summed E-state index contributed by atoms with van der Waals surface area (Å²) in [7, 11) is -24.9. The number of hydrogen-bond acceptors (Lipinski definition) is 13. The van der Waals surface area contributed by atoms with Crippen molar-refractivity contribution in [3.63, 3.8) is 0 Å². The predicted molar refractivity (Wildman–Crippen MR) is 33.7 cm³/mol. The van der Waals surface area contributed by atoms with Gasteiger partial charge in [0.25, 0.3) is 15.6 Å². The zero-order valence-corrected chi connectivity index (χ0v) is 28.7. The molecule has 2 unspecified atom stereocenters. The first-order valence-corrected chi connectivity index (χ1v) is 8.76. The molecule has 0 aliphatic heterocycles. The van der Waals surface area contributed by atoms with E-state index in [-0.39, 0.29) is 177 Å². The molecule has 0 spiro atoms. The molecule has 0 aromatic carbocycles. The molecule has 0 aromatic heterocycles. The summed E-state index contributed by atoms with van der Waals surface area (Å²) in [6.07, 6.45) is 0.